The van der Waals surface area contributed by atoms with E-state index in [-0.39, 0.29) is 23.7 Å². The van der Waals surface area contributed by atoms with E-state index in [2.05, 4.69) is 24.0 Å². The summed E-state index contributed by atoms with van der Waals surface area (Å²) in [5.74, 6) is 1.51. The number of nitrogens with zero attached hydrogens (tertiary/aromatic N) is 9. The van der Waals surface area contributed by atoms with Crippen molar-refractivity contribution >= 4 is 45.8 Å². The lowest BCUT2D eigenvalue weighted by Crippen LogP contribution is -2.53. The number of nitriles is 1. The highest BCUT2D eigenvalue weighted by Gasteiger charge is 2.33. The minimum absolute atomic E-state index is 0.0405. The minimum atomic E-state index is -0.545. The SMILES string of the molecule is CCc1nc2ccc(-c3ccc(N4CCC(C(=O)N5CCN(C(=O)OC(C)(C)C)CC5)CC4)nc3)cn2c1N(C)c1nc(-c2ccc(F)cc2)c(C#N)s1. The number of ether oxygens (including phenoxy) is 1. The Balaban J connectivity index is 1.02. The molecule has 0 atom stereocenters. The molecule has 0 N–H and O–H groups in total. The summed E-state index contributed by atoms with van der Waals surface area (Å²) in [5, 5.41) is 10.5. The molecule has 14 heteroatoms. The first-order chi connectivity index (χ1) is 25.9. The lowest BCUT2D eigenvalue weighted by Gasteiger charge is -2.39. The minimum Gasteiger partial charge on any atom is -0.444 e. The van der Waals surface area contributed by atoms with Gasteiger partial charge in [-0.15, -0.1) is 0 Å². The van der Waals surface area contributed by atoms with E-state index >= 15 is 0 Å². The Morgan fingerprint density at radius 2 is 1.61 bits per heavy atom. The van der Waals surface area contributed by atoms with Crippen LogP contribution in [0.25, 0.3) is 28.0 Å². The normalized spacial score (nSPS) is 15.4. The molecular weight excluding hydrogens is 706 g/mol. The Bertz CT molecular complexity index is 2190. The van der Waals surface area contributed by atoms with E-state index < -0.39 is 5.60 Å². The summed E-state index contributed by atoms with van der Waals surface area (Å²) in [6.45, 7) is 11.1. The van der Waals surface area contributed by atoms with E-state index in [0.717, 1.165) is 60.0 Å². The van der Waals surface area contributed by atoms with Crippen LogP contribution in [0.15, 0.2) is 60.9 Å². The van der Waals surface area contributed by atoms with Gasteiger partial charge in [-0.25, -0.2) is 24.1 Å². The number of fused-ring (bicyclic) bond motifs is 1. The number of carbonyl (C=O) groups excluding carboxylic acids is 2. The first-order valence-corrected chi connectivity index (χ1v) is 19.1. The van der Waals surface area contributed by atoms with Gasteiger partial charge in [0.2, 0.25) is 5.91 Å². The predicted molar refractivity (Wildman–Crippen MR) is 207 cm³/mol. The van der Waals surface area contributed by atoms with Gasteiger partial charge in [-0.1, -0.05) is 18.3 Å². The van der Waals surface area contributed by atoms with Crippen LogP contribution in [0.4, 0.5) is 26.0 Å². The number of rotatable bonds is 7. The molecule has 0 spiro atoms. The van der Waals surface area contributed by atoms with Crippen molar-refractivity contribution in [1.82, 2.24) is 29.2 Å². The van der Waals surface area contributed by atoms with Gasteiger partial charge < -0.3 is 24.3 Å². The van der Waals surface area contributed by atoms with Crippen molar-refractivity contribution in [3.8, 4) is 28.5 Å². The molecule has 280 valence electrons. The highest BCUT2D eigenvalue weighted by atomic mass is 32.1. The number of piperazine rings is 1. The summed E-state index contributed by atoms with van der Waals surface area (Å²) in [6.07, 6.45) is 5.81. The van der Waals surface area contributed by atoms with Crippen molar-refractivity contribution in [3.63, 3.8) is 0 Å². The Kier molecular flexibility index (Phi) is 10.3. The summed E-state index contributed by atoms with van der Waals surface area (Å²) < 4.78 is 21.2. The van der Waals surface area contributed by atoms with Gasteiger partial charge in [0.15, 0.2) is 5.13 Å². The molecule has 0 aliphatic carbocycles. The quantitative estimate of drug-likeness (QED) is 0.171. The summed E-state index contributed by atoms with van der Waals surface area (Å²) in [5.41, 5.74) is 4.27. The maximum atomic E-state index is 13.6. The molecule has 2 fully saturated rings. The number of hydrogen-bond acceptors (Lipinski definition) is 10. The fraction of sp³-hybridized carbons (Fsp3) is 0.400. The van der Waals surface area contributed by atoms with E-state index in [9.17, 15) is 19.2 Å². The van der Waals surface area contributed by atoms with Crippen LogP contribution in [0, 0.1) is 23.1 Å². The molecule has 0 unspecified atom stereocenters. The van der Waals surface area contributed by atoms with Crippen molar-refractivity contribution < 1.29 is 18.7 Å². The molecule has 0 bridgehead atoms. The number of halogens is 1. The molecule has 2 aliphatic heterocycles. The highest BCUT2D eigenvalue weighted by molar-refractivity contribution is 7.16. The van der Waals surface area contributed by atoms with Crippen molar-refractivity contribution in [2.24, 2.45) is 5.92 Å². The van der Waals surface area contributed by atoms with Gasteiger partial charge in [0.05, 0.1) is 5.69 Å². The topological polar surface area (TPSA) is 123 Å². The Morgan fingerprint density at radius 3 is 2.24 bits per heavy atom. The third-order valence-electron chi connectivity index (χ3n) is 9.93. The van der Waals surface area contributed by atoms with Gasteiger partial charge in [0.25, 0.3) is 0 Å². The average molecular weight is 750 g/mol. The molecule has 4 aromatic heterocycles. The molecule has 0 radical (unpaired) electrons. The van der Waals surface area contributed by atoms with E-state index in [1.807, 2.05) is 72.6 Å². The number of carbonyl (C=O) groups is 2. The maximum Gasteiger partial charge on any atom is 0.410 e. The zero-order chi connectivity index (χ0) is 38.1. The van der Waals surface area contributed by atoms with Crippen LogP contribution in [0.2, 0.25) is 0 Å². The number of aromatic nitrogens is 4. The molecule has 12 nitrogen and oxygen atoms in total. The van der Waals surface area contributed by atoms with Crippen LogP contribution in [0.5, 0.6) is 0 Å². The lowest BCUT2D eigenvalue weighted by molar-refractivity contribution is -0.138. The number of imidazole rings is 1. The number of amides is 2. The summed E-state index contributed by atoms with van der Waals surface area (Å²) in [4.78, 5) is 48.6. The predicted octanol–water partition coefficient (Wildman–Crippen LogP) is 7.16. The highest BCUT2D eigenvalue weighted by Crippen LogP contribution is 2.37. The van der Waals surface area contributed by atoms with Crippen molar-refractivity contribution in [1.29, 1.82) is 5.26 Å². The third-order valence-corrected chi connectivity index (χ3v) is 11.0. The second-order valence-electron chi connectivity index (χ2n) is 14.7. The number of anilines is 3. The monoisotopic (exact) mass is 749 g/mol. The molecule has 7 rings (SSSR count). The summed E-state index contributed by atoms with van der Waals surface area (Å²) in [6, 6.07) is 16.4. The first-order valence-electron chi connectivity index (χ1n) is 18.3. The number of aryl methyl sites for hydroxylation is 1. The first kappa shape index (κ1) is 36.8. The van der Waals surface area contributed by atoms with E-state index in [4.69, 9.17) is 19.7 Å². The summed E-state index contributed by atoms with van der Waals surface area (Å²) in [7, 11) is 1.92. The second-order valence-corrected chi connectivity index (χ2v) is 15.7. The third kappa shape index (κ3) is 7.59. The van der Waals surface area contributed by atoms with Crippen LogP contribution in [0.3, 0.4) is 0 Å². The van der Waals surface area contributed by atoms with Gasteiger partial charge in [-0.2, -0.15) is 5.26 Å². The number of benzene rings is 1. The van der Waals surface area contributed by atoms with E-state index in [1.165, 1.54) is 23.5 Å². The van der Waals surface area contributed by atoms with Crippen LogP contribution < -0.4 is 9.80 Å². The second kappa shape index (κ2) is 15.1. The van der Waals surface area contributed by atoms with Gasteiger partial charge in [-0.05, 0) is 88.6 Å². The zero-order valence-electron chi connectivity index (χ0n) is 31.3. The number of pyridine rings is 2. The van der Waals surface area contributed by atoms with Gasteiger partial charge in [-0.3, -0.25) is 9.20 Å². The number of hydrogen-bond donors (Lipinski definition) is 0. The average Bonchev–Trinajstić information content (AvgIpc) is 3.79. The van der Waals surface area contributed by atoms with Crippen LogP contribution in [-0.2, 0) is 16.0 Å². The van der Waals surface area contributed by atoms with Crippen molar-refractivity contribution in [2.45, 2.75) is 52.6 Å². The molecule has 0 saturated carbocycles. The Hall–Kier alpha value is -5.55. The van der Waals surface area contributed by atoms with Crippen LogP contribution in [0.1, 0.15) is 51.1 Å². The van der Waals surface area contributed by atoms with Crippen molar-refractivity contribution in [2.75, 3.05) is 56.1 Å². The molecule has 54 heavy (non-hydrogen) atoms. The maximum absolute atomic E-state index is 13.6. The van der Waals surface area contributed by atoms with Crippen LogP contribution >= 0.6 is 11.3 Å². The largest absolute Gasteiger partial charge is 0.444 e. The molecule has 2 saturated heterocycles. The van der Waals surface area contributed by atoms with Crippen LogP contribution in [-0.4, -0.2) is 93.1 Å². The number of thiazole rings is 1. The molecule has 1 aromatic carbocycles. The van der Waals surface area contributed by atoms with E-state index in [0.29, 0.717) is 53.9 Å². The lowest BCUT2D eigenvalue weighted by atomic mass is 9.95. The van der Waals surface area contributed by atoms with Gasteiger partial charge in [0.1, 0.15) is 45.3 Å². The Morgan fingerprint density at radius 1 is 0.944 bits per heavy atom. The van der Waals surface area contributed by atoms with Crippen molar-refractivity contribution in [3.05, 3.63) is 77.3 Å². The fourth-order valence-electron chi connectivity index (χ4n) is 7.06. The fourth-order valence-corrected chi connectivity index (χ4v) is 7.91. The summed E-state index contributed by atoms with van der Waals surface area (Å²) >= 11 is 1.29. The molecule has 6 heterocycles. The standard InChI is InChI=1S/C40H44FN9O3S/c1-6-31-36(46(5)38-45-35(32(23-42)54-38)26-7-11-30(41)12-8-26)50-25-29(10-14-34(50)44-31)28-9-13-33(43-24-28)47-17-15-27(16-18-47)37(51)48-19-21-49(22-20-48)39(52)53-40(2,3)4/h7-14,24-25,27H,6,15-22H2,1-5H3. The molecule has 5 aromatic rings. The molecule has 2 amide bonds. The molecular formula is C40H44FN9O3S. The van der Waals surface area contributed by atoms with Gasteiger partial charge in [0, 0.05) is 81.3 Å². The number of piperidine rings is 1. The Labute approximate surface area is 318 Å². The zero-order valence-corrected chi connectivity index (χ0v) is 32.1. The smallest absolute Gasteiger partial charge is 0.410 e. The van der Waals surface area contributed by atoms with E-state index in [1.54, 1.807) is 17.0 Å². The molecule has 2 aliphatic rings. The van der Waals surface area contributed by atoms with Gasteiger partial charge >= 0.3 is 6.09 Å².